The van der Waals surface area contributed by atoms with E-state index in [1.807, 2.05) is 54.6 Å². The van der Waals surface area contributed by atoms with E-state index in [4.69, 9.17) is 4.42 Å². The first-order valence-electron chi connectivity index (χ1n) is 8.75. The number of thiazole rings is 1. The van der Waals surface area contributed by atoms with Crippen LogP contribution in [0.25, 0.3) is 10.2 Å². The zero-order valence-electron chi connectivity index (χ0n) is 15.2. The fraction of sp³-hybridized carbons (Fsp3) is 0.200. The number of hydrogen-bond donors (Lipinski definition) is 0. The lowest BCUT2D eigenvalue weighted by atomic mass is 10.2. The quantitative estimate of drug-likeness (QED) is 0.429. The molecule has 8 heteroatoms. The summed E-state index contributed by atoms with van der Waals surface area (Å²) in [4.78, 5) is 18.7. The molecule has 0 unspecified atom stereocenters. The molecule has 0 aliphatic heterocycles. The Kier molecular flexibility index (Phi) is 5.68. The largest absolute Gasteiger partial charge is 0.416 e. The number of amides is 1. The number of hydrogen-bond acceptors (Lipinski definition) is 7. The van der Waals surface area contributed by atoms with E-state index < -0.39 is 0 Å². The zero-order valence-corrected chi connectivity index (χ0v) is 16.9. The minimum Gasteiger partial charge on any atom is -0.416 e. The molecular weight excluding hydrogens is 392 g/mol. The highest BCUT2D eigenvalue weighted by Crippen LogP contribution is 2.23. The molecule has 142 valence electrons. The van der Waals surface area contributed by atoms with E-state index in [2.05, 4.69) is 15.2 Å². The molecule has 6 nitrogen and oxygen atoms in total. The van der Waals surface area contributed by atoms with Crippen molar-refractivity contribution in [3.8, 4) is 0 Å². The molecule has 2 heterocycles. The van der Waals surface area contributed by atoms with Crippen LogP contribution < -0.4 is 0 Å². The van der Waals surface area contributed by atoms with E-state index in [9.17, 15) is 4.79 Å². The number of nitrogens with zero attached hydrogens (tertiary/aromatic N) is 4. The molecule has 0 atom stereocenters. The predicted octanol–water partition coefficient (Wildman–Crippen LogP) is 4.02. The van der Waals surface area contributed by atoms with E-state index in [1.165, 1.54) is 11.8 Å². The second kappa shape index (κ2) is 8.53. The molecule has 0 N–H and O–H groups in total. The zero-order chi connectivity index (χ0) is 19.3. The molecule has 28 heavy (non-hydrogen) atoms. The first-order chi connectivity index (χ1) is 13.7. The highest BCUT2D eigenvalue weighted by molar-refractivity contribution is 7.99. The van der Waals surface area contributed by atoms with Gasteiger partial charge in [-0.2, -0.15) is 0 Å². The predicted molar refractivity (Wildman–Crippen MR) is 110 cm³/mol. The Bertz CT molecular complexity index is 1040. The van der Waals surface area contributed by atoms with Gasteiger partial charge in [-0.3, -0.25) is 4.79 Å². The van der Waals surface area contributed by atoms with Crippen molar-refractivity contribution in [2.24, 2.45) is 0 Å². The van der Waals surface area contributed by atoms with Gasteiger partial charge in [-0.05, 0) is 17.7 Å². The Hall–Kier alpha value is -2.71. The van der Waals surface area contributed by atoms with Crippen molar-refractivity contribution < 1.29 is 9.21 Å². The SMILES string of the molecule is CN(Cc1nc2ccccc2s1)C(=O)CSc1nnc(Cc2ccccc2)o1. The van der Waals surface area contributed by atoms with Gasteiger partial charge in [-0.15, -0.1) is 21.5 Å². The van der Waals surface area contributed by atoms with Crippen LogP contribution in [0.4, 0.5) is 0 Å². The summed E-state index contributed by atoms with van der Waals surface area (Å²) >= 11 is 2.86. The van der Waals surface area contributed by atoms with Crippen LogP contribution in [0, 0.1) is 0 Å². The molecule has 1 amide bonds. The molecule has 0 saturated heterocycles. The van der Waals surface area contributed by atoms with Crippen LogP contribution >= 0.6 is 23.1 Å². The molecule has 4 rings (SSSR count). The smallest absolute Gasteiger partial charge is 0.277 e. The maximum atomic E-state index is 12.4. The van der Waals surface area contributed by atoms with Gasteiger partial charge >= 0.3 is 0 Å². The van der Waals surface area contributed by atoms with Crippen molar-refractivity contribution in [3.05, 3.63) is 71.1 Å². The van der Waals surface area contributed by atoms with Gasteiger partial charge in [0.15, 0.2) is 0 Å². The van der Waals surface area contributed by atoms with Crippen LogP contribution in [0.2, 0.25) is 0 Å². The fourth-order valence-corrected chi connectivity index (χ4v) is 4.39. The summed E-state index contributed by atoms with van der Waals surface area (Å²) in [5.74, 6) is 0.782. The standard InChI is InChI=1S/C20H18N4O2S2/c1-24(12-18-21-15-9-5-6-10-16(15)28-18)19(25)13-27-20-23-22-17(26-20)11-14-7-3-2-4-8-14/h2-10H,11-13H2,1H3. The van der Waals surface area contributed by atoms with Gasteiger partial charge in [0.25, 0.3) is 5.22 Å². The second-order valence-corrected chi connectivity index (χ2v) is 8.28. The molecule has 4 aromatic rings. The molecule has 2 aromatic heterocycles. The minimum absolute atomic E-state index is 0.00735. The molecule has 0 aliphatic carbocycles. The number of para-hydroxylation sites is 1. The molecule has 0 aliphatic rings. The summed E-state index contributed by atoms with van der Waals surface area (Å²) < 4.78 is 6.76. The molecule has 0 radical (unpaired) electrons. The summed E-state index contributed by atoms with van der Waals surface area (Å²) in [6.45, 7) is 0.488. The second-order valence-electron chi connectivity index (χ2n) is 6.24. The van der Waals surface area contributed by atoms with E-state index in [0.717, 1.165) is 20.8 Å². The number of thioether (sulfide) groups is 1. The fourth-order valence-electron chi connectivity index (χ4n) is 2.65. The monoisotopic (exact) mass is 410 g/mol. The molecule has 0 fully saturated rings. The number of carbonyl (C=O) groups excluding carboxylic acids is 1. The molecule has 0 saturated carbocycles. The van der Waals surface area contributed by atoms with Gasteiger partial charge < -0.3 is 9.32 Å². The van der Waals surface area contributed by atoms with Crippen molar-refractivity contribution in [2.75, 3.05) is 12.8 Å². The van der Waals surface area contributed by atoms with Crippen LogP contribution in [0.3, 0.4) is 0 Å². The third kappa shape index (κ3) is 4.58. The van der Waals surface area contributed by atoms with Crippen LogP contribution in [-0.2, 0) is 17.8 Å². The lowest BCUT2D eigenvalue weighted by Crippen LogP contribution is -2.27. The maximum Gasteiger partial charge on any atom is 0.277 e. The van der Waals surface area contributed by atoms with Gasteiger partial charge in [0.2, 0.25) is 11.8 Å². The highest BCUT2D eigenvalue weighted by Gasteiger charge is 2.15. The van der Waals surface area contributed by atoms with E-state index >= 15 is 0 Å². The van der Waals surface area contributed by atoms with Crippen LogP contribution in [0.15, 0.2) is 64.2 Å². The third-order valence-electron chi connectivity index (χ3n) is 4.10. The van der Waals surface area contributed by atoms with Crippen molar-refractivity contribution in [2.45, 2.75) is 18.2 Å². The molecule has 2 aromatic carbocycles. The Labute approximate surface area is 170 Å². The molecular formula is C20H18N4O2S2. The van der Waals surface area contributed by atoms with Crippen molar-refractivity contribution in [1.29, 1.82) is 0 Å². The first kappa shape index (κ1) is 18.6. The topological polar surface area (TPSA) is 72.1 Å². The summed E-state index contributed by atoms with van der Waals surface area (Å²) in [5, 5.41) is 9.41. The average molecular weight is 411 g/mol. The van der Waals surface area contributed by atoms with Gasteiger partial charge in [0.1, 0.15) is 5.01 Å². The Morgan fingerprint density at radius 1 is 1.11 bits per heavy atom. The van der Waals surface area contributed by atoms with Crippen molar-refractivity contribution >= 4 is 39.2 Å². The number of carbonyl (C=O) groups is 1. The van der Waals surface area contributed by atoms with E-state index in [-0.39, 0.29) is 11.7 Å². The Balaban J connectivity index is 1.30. The lowest BCUT2D eigenvalue weighted by Gasteiger charge is -2.14. The highest BCUT2D eigenvalue weighted by atomic mass is 32.2. The van der Waals surface area contributed by atoms with Crippen LogP contribution in [0.1, 0.15) is 16.5 Å². The number of fused-ring (bicyclic) bond motifs is 1. The normalized spacial score (nSPS) is 11.0. The van der Waals surface area contributed by atoms with E-state index in [0.29, 0.717) is 24.1 Å². The van der Waals surface area contributed by atoms with Crippen LogP contribution in [-0.4, -0.2) is 38.8 Å². The van der Waals surface area contributed by atoms with Crippen molar-refractivity contribution in [3.63, 3.8) is 0 Å². The van der Waals surface area contributed by atoms with Crippen LogP contribution in [0.5, 0.6) is 0 Å². The van der Waals surface area contributed by atoms with Crippen molar-refractivity contribution in [1.82, 2.24) is 20.1 Å². The Morgan fingerprint density at radius 2 is 1.89 bits per heavy atom. The molecule has 0 bridgehead atoms. The average Bonchev–Trinajstić information content (AvgIpc) is 3.32. The summed E-state index contributed by atoms with van der Waals surface area (Å²) in [6.07, 6.45) is 0.583. The maximum absolute atomic E-state index is 12.4. The minimum atomic E-state index is -0.00735. The van der Waals surface area contributed by atoms with Gasteiger partial charge in [-0.1, -0.05) is 54.2 Å². The summed E-state index contributed by atoms with van der Waals surface area (Å²) in [6, 6.07) is 17.9. The third-order valence-corrected chi connectivity index (χ3v) is 5.93. The van der Waals surface area contributed by atoms with Gasteiger partial charge in [0, 0.05) is 7.05 Å². The number of benzene rings is 2. The lowest BCUT2D eigenvalue weighted by molar-refractivity contribution is -0.127. The Morgan fingerprint density at radius 3 is 2.71 bits per heavy atom. The summed E-state index contributed by atoms with van der Waals surface area (Å²) in [7, 11) is 1.78. The molecule has 0 spiro atoms. The first-order valence-corrected chi connectivity index (χ1v) is 10.5. The summed E-state index contributed by atoms with van der Waals surface area (Å²) in [5.41, 5.74) is 2.07. The number of aromatic nitrogens is 3. The van der Waals surface area contributed by atoms with Gasteiger partial charge in [0.05, 0.1) is 28.9 Å². The van der Waals surface area contributed by atoms with E-state index in [1.54, 1.807) is 23.3 Å². The number of rotatable bonds is 7. The van der Waals surface area contributed by atoms with Gasteiger partial charge in [-0.25, -0.2) is 4.98 Å².